The van der Waals surface area contributed by atoms with Gasteiger partial charge in [-0.25, -0.2) is 0 Å². The second-order valence-corrected chi connectivity index (χ2v) is 6.18. The summed E-state index contributed by atoms with van der Waals surface area (Å²) in [6.45, 7) is 10.1. The minimum Gasteiger partial charge on any atom is -0.396 e. The Morgan fingerprint density at radius 1 is 1.38 bits per heavy atom. The summed E-state index contributed by atoms with van der Waals surface area (Å²) in [6, 6.07) is 0. The molecule has 0 bridgehead atoms. The molecule has 16 heavy (non-hydrogen) atoms. The molecule has 1 aliphatic heterocycles. The molecule has 1 heterocycles. The highest BCUT2D eigenvalue weighted by Crippen LogP contribution is 2.18. The van der Waals surface area contributed by atoms with Gasteiger partial charge in [-0.3, -0.25) is 0 Å². The van der Waals surface area contributed by atoms with Crippen molar-refractivity contribution in [3.8, 4) is 0 Å². The van der Waals surface area contributed by atoms with E-state index in [1.807, 2.05) is 0 Å². The Bertz CT molecular complexity index is 180. The third-order valence-corrected chi connectivity index (χ3v) is 4.44. The molecule has 0 aromatic rings. The Morgan fingerprint density at radius 2 is 2.06 bits per heavy atom. The number of hydrogen-bond acceptors (Lipinski definition) is 4. The molecule has 0 spiro atoms. The summed E-state index contributed by atoms with van der Waals surface area (Å²) in [5.41, 5.74) is 0.0533. The average Bonchev–Trinajstić information content (AvgIpc) is 2.36. The molecule has 1 rings (SSSR count). The van der Waals surface area contributed by atoms with Crippen molar-refractivity contribution in [3.05, 3.63) is 0 Å². The van der Waals surface area contributed by atoms with Gasteiger partial charge in [0.15, 0.2) is 0 Å². The van der Waals surface area contributed by atoms with E-state index in [4.69, 9.17) is 0 Å². The minimum atomic E-state index is 0.0533. The van der Waals surface area contributed by atoms with Crippen LogP contribution in [0, 0.1) is 5.41 Å². The molecule has 0 amide bonds. The van der Waals surface area contributed by atoms with Gasteiger partial charge in [0.1, 0.15) is 0 Å². The Morgan fingerprint density at radius 3 is 2.62 bits per heavy atom. The van der Waals surface area contributed by atoms with E-state index in [0.717, 1.165) is 26.1 Å². The van der Waals surface area contributed by atoms with Crippen molar-refractivity contribution < 1.29 is 5.11 Å². The summed E-state index contributed by atoms with van der Waals surface area (Å²) < 4.78 is 0. The number of nitrogens with one attached hydrogen (secondary N) is 1. The molecule has 1 atom stereocenters. The molecule has 0 aromatic carbocycles. The highest BCUT2D eigenvalue weighted by atomic mass is 32.2. The molecule has 96 valence electrons. The Balaban J connectivity index is 2.06. The van der Waals surface area contributed by atoms with Crippen LogP contribution in [0.5, 0.6) is 0 Å². The zero-order chi connectivity index (χ0) is 11.9. The van der Waals surface area contributed by atoms with Gasteiger partial charge >= 0.3 is 0 Å². The molecule has 0 radical (unpaired) electrons. The predicted octanol–water partition coefficient (Wildman–Crippen LogP) is 1.03. The van der Waals surface area contributed by atoms with Gasteiger partial charge in [0.25, 0.3) is 0 Å². The second kappa shape index (κ2) is 7.54. The lowest BCUT2D eigenvalue weighted by Gasteiger charge is -2.28. The molecule has 0 aromatic heterocycles. The van der Waals surface area contributed by atoms with Gasteiger partial charge in [-0.1, -0.05) is 13.8 Å². The lowest BCUT2D eigenvalue weighted by molar-refractivity contribution is 0.134. The maximum absolute atomic E-state index is 9.28. The number of nitrogens with zero attached hydrogens (tertiary/aromatic N) is 1. The fraction of sp³-hybridized carbons (Fsp3) is 1.00. The van der Waals surface area contributed by atoms with Crippen molar-refractivity contribution in [2.45, 2.75) is 20.3 Å². The first-order valence-corrected chi connectivity index (χ1v) is 7.47. The first-order valence-electron chi connectivity index (χ1n) is 6.32. The van der Waals surface area contributed by atoms with Crippen LogP contribution in [-0.4, -0.2) is 60.8 Å². The topological polar surface area (TPSA) is 35.5 Å². The largest absolute Gasteiger partial charge is 0.396 e. The predicted molar refractivity (Wildman–Crippen MR) is 72.1 cm³/mol. The highest BCUT2D eigenvalue weighted by molar-refractivity contribution is 7.99. The van der Waals surface area contributed by atoms with Crippen molar-refractivity contribution >= 4 is 11.8 Å². The van der Waals surface area contributed by atoms with Gasteiger partial charge < -0.3 is 15.3 Å². The van der Waals surface area contributed by atoms with Crippen LogP contribution in [0.4, 0.5) is 0 Å². The summed E-state index contributed by atoms with van der Waals surface area (Å²) >= 11 is 2.05. The van der Waals surface area contributed by atoms with Crippen LogP contribution in [0.25, 0.3) is 0 Å². The summed E-state index contributed by atoms with van der Waals surface area (Å²) in [6.07, 6.45) is 1.02. The third kappa shape index (κ3) is 5.04. The molecule has 1 saturated heterocycles. The highest BCUT2D eigenvalue weighted by Gasteiger charge is 2.20. The van der Waals surface area contributed by atoms with Crippen LogP contribution in [0.3, 0.4) is 0 Å². The second-order valence-electron chi connectivity index (χ2n) is 4.95. The van der Waals surface area contributed by atoms with Gasteiger partial charge in [0, 0.05) is 56.3 Å². The molecule has 4 heteroatoms. The minimum absolute atomic E-state index is 0.0533. The molecule has 1 aliphatic rings. The van der Waals surface area contributed by atoms with Crippen LogP contribution in [-0.2, 0) is 0 Å². The zero-order valence-electron chi connectivity index (χ0n) is 10.7. The summed E-state index contributed by atoms with van der Waals surface area (Å²) in [4.78, 5) is 2.52. The molecule has 0 aliphatic carbocycles. The van der Waals surface area contributed by atoms with E-state index in [2.05, 4.69) is 35.8 Å². The fourth-order valence-electron chi connectivity index (χ4n) is 1.74. The van der Waals surface area contributed by atoms with E-state index in [9.17, 15) is 5.11 Å². The Hall–Kier alpha value is 0.230. The van der Waals surface area contributed by atoms with Crippen molar-refractivity contribution in [1.82, 2.24) is 10.2 Å². The molecular formula is C12H26N2OS. The van der Waals surface area contributed by atoms with Crippen LogP contribution >= 0.6 is 11.8 Å². The monoisotopic (exact) mass is 246 g/mol. The van der Waals surface area contributed by atoms with Gasteiger partial charge in [0.2, 0.25) is 0 Å². The number of hydrogen-bond donors (Lipinski definition) is 2. The zero-order valence-corrected chi connectivity index (χ0v) is 11.5. The Kier molecular flexibility index (Phi) is 6.73. The van der Waals surface area contributed by atoms with Gasteiger partial charge in [-0.15, -0.1) is 0 Å². The van der Waals surface area contributed by atoms with Gasteiger partial charge in [0.05, 0.1) is 0 Å². The van der Waals surface area contributed by atoms with Crippen LogP contribution in [0.15, 0.2) is 0 Å². The number of thioether (sulfide) groups is 1. The van der Waals surface area contributed by atoms with Crippen molar-refractivity contribution in [2.75, 3.05) is 50.8 Å². The van der Waals surface area contributed by atoms with Crippen LogP contribution < -0.4 is 5.32 Å². The first-order chi connectivity index (χ1) is 7.70. The van der Waals surface area contributed by atoms with E-state index >= 15 is 0 Å². The number of aliphatic hydroxyl groups excluding tert-OH is 1. The average molecular weight is 246 g/mol. The van der Waals surface area contributed by atoms with E-state index < -0.39 is 0 Å². The van der Waals surface area contributed by atoms with Gasteiger partial charge in [-0.2, -0.15) is 11.8 Å². The summed E-state index contributed by atoms with van der Waals surface area (Å²) in [7, 11) is 0. The number of rotatable bonds is 7. The third-order valence-electron chi connectivity index (χ3n) is 3.50. The number of aliphatic hydroxyl groups is 1. The molecule has 1 fully saturated rings. The maximum atomic E-state index is 9.28. The SMILES string of the molecule is CCC(C)(CO)CNCCN1CCSCC1. The first kappa shape index (κ1) is 14.3. The quantitative estimate of drug-likeness (QED) is 0.658. The molecule has 3 nitrogen and oxygen atoms in total. The lowest BCUT2D eigenvalue weighted by Crippen LogP contribution is -2.41. The molecule has 0 saturated carbocycles. The summed E-state index contributed by atoms with van der Waals surface area (Å²) in [5.74, 6) is 2.56. The maximum Gasteiger partial charge on any atom is 0.0496 e. The molecular weight excluding hydrogens is 220 g/mol. The fourth-order valence-corrected chi connectivity index (χ4v) is 2.72. The van der Waals surface area contributed by atoms with Crippen molar-refractivity contribution in [1.29, 1.82) is 0 Å². The van der Waals surface area contributed by atoms with E-state index in [-0.39, 0.29) is 12.0 Å². The standard InChI is InChI=1S/C12H26N2OS/c1-3-12(2,11-15)10-13-4-5-14-6-8-16-9-7-14/h13,15H,3-11H2,1-2H3. The smallest absolute Gasteiger partial charge is 0.0496 e. The summed E-state index contributed by atoms with van der Waals surface area (Å²) in [5, 5.41) is 12.7. The van der Waals surface area contributed by atoms with Crippen molar-refractivity contribution in [3.63, 3.8) is 0 Å². The van der Waals surface area contributed by atoms with E-state index in [1.165, 1.54) is 24.6 Å². The Labute approximate surface area is 104 Å². The van der Waals surface area contributed by atoms with Crippen molar-refractivity contribution in [2.24, 2.45) is 5.41 Å². The van der Waals surface area contributed by atoms with E-state index in [0.29, 0.717) is 0 Å². The normalized spacial score (nSPS) is 21.9. The van der Waals surface area contributed by atoms with Crippen LogP contribution in [0.1, 0.15) is 20.3 Å². The van der Waals surface area contributed by atoms with Gasteiger partial charge in [-0.05, 0) is 6.42 Å². The van der Waals surface area contributed by atoms with E-state index in [1.54, 1.807) is 0 Å². The molecule has 2 N–H and O–H groups in total. The lowest BCUT2D eigenvalue weighted by atomic mass is 9.89. The van der Waals surface area contributed by atoms with Crippen LogP contribution in [0.2, 0.25) is 0 Å². The molecule has 1 unspecified atom stereocenters.